The lowest BCUT2D eigenvalue weighted by molar-refractivity contribution is -0.0454. The number of aromatic carboxylic acids is 1. The maximum absolute atomic E-state index is 11.4. The number of carboxylic acid groups (broad SMARTS) is 1. The zero-order valence-electron chi connectivity index (χ0n) is 16.7. The van der Waals surface area contributed by atoms with Gasteiger partial charge in [-0.15, -0.1) is 0 Å². The highest BCUT2D eigenvalue weighted by Crippen LogP contribution is 2.39. The van der Waals surface area contributed by atoms with Gasteiger partial charge in [-0.2, -0.15) is 5.10 Å². The number of carboxylic acids is 1. The third-order valence-electron chi connectivity index (χ3n) is 4.85. The van der Waals surface area contributed by atoms with Gasteiger partial charge in [-0.05, 0) is 29.8 Å². The van der Waals surface area contributed by atoms with Crippen molar-refractivity contribution in [1.29, 1.82) is 0 Å². The number of hydrogen-bond acceptors (Lipinski definition) is 6. The van der Waals surface area contributed by atoms with E-state index in [-0.39, 0.29) is 5.69 Å². The molecule has 1 saturated heterocycles. The smallest absolute Gasteiger partial charge is 0.354 e. The van der Waals surface area contributed by atoms with Gasteiger partial charge in [0.2, 0.25) is 0 Å². The number of benzene rings is 2. The second kappa shape index (κ2) is 8.56. The second-order valence-electron chi connectivity index (χ2n) is 6.77. The highest BCUT2D eigenvalue weighted by atomic mass is 16.7. The molecule has 1 aliphatic rings. The number of nitrogens with zero attached hydrogens (tertiary/aromatic N) is 2. The summed E-state index contributed by atoms with van der Waals surface area (Å²) in [6, 6.07) is 14.7. The molecule has 0 atom stereocenters. The standard InChI is InChI=1S/C22H22N2O6/c1-24-18(21(25)26)12-17(23-24)16-4-3-5-19(20(16)22-28-10-11-29-22)30-13-14-6-8-15(27-2)9-7-14/h3-9,12,22H,10-11,13H2,1-2H3,(H,25,26). The SMILES string of the molecule is COc1ccc(COc2cccc(-c3cc(C(=O)O)n(C)n3)c2C2OCCO2)cc1. The fourth-order valence-electron chi connectivity index (χ4n) is 3.34. The molecule has 1 fully saturated rings. The summed E-state index contributed by atoms with van der Waals surface area (Å²) in [5.41, 5.74) is 2.98. The van der Waals surface area contributed by atoms with E-state index < -0.39 is 12.3 Å². The molecular weight excluding hydrogens is 388 g/mol. The molecule has 8 nitrogen and oxygen atoms in total. The van der Waals surface area contributed by atoms with Gasteiger partial charge >= 0.3 is 5.97 Å². The number of rotatable bonds is 7. The fourth-order valence-corrected chi connectivity index (χ4v) is 3.34. The Morgan fingerprint density at radius 2 is 1.93 bits per heavy atom. The van der Waals surface area contributed by atoms with Crippen LogP contribution in [-0.4, -0.2) is 41.2 Å². The molecule has 1 N–H and O–H groups in total. The number of ether oxygens (including phenoxy) is 4. The molecule has 2 aromatic carbocycles. The maximum atomic E-state index is 11.4. The van der Waals surface area contributed by atoms with Crippen LogP contribution in [0.4, 0.5) is 0 Å². The molecule has 0 amide bonds. The Morgan fingerprint density at radius 3 is 2.57 bits per heavy atom. The zero-order valence-corrected chi connectivity index (χ0v) is 16.7. The second-order valence-corrected chi connectivity index (χ2v) is 6.77. The highest BCUT2D eigenvalue weighted by Gasteiger charge is 2.27. The fraction of sp³-hybridized carbons (Fsp3) is 0.273. The van der Waals surface area contributed by atoms with Crippen LogP contribution in [0.1, 0.15) is 27.9 Å². The van der Waals surface area contributed by atoms with Crippen molar-refractivity contribution in [2.45, 2.75) is 12.9 Å². The van der Waals surface area contributed by atoms with Crippen LogP contribution in [0.15, 0.2) is 48.5 Å². The third-order valence-corrected chi connectivity index (χ3v) is 4.85. The molecule has 0 radical (unpaired) electrons. The number of carbonyl (C=O) groups is 1. The molecule has 2 heterocycles. The molecule has 0 unspecified atom stereocenters. The van der Waals surface area contributed by atoms with Gasteiger partial charge in [-0.3, -0.25) is 4.68 Å². The lowest BCUT2D eigenvalue weighted by Gasteiger charge is -2.19. The maximum Gasteiger partial charge on any atom is 0.354 e. The first-order valence-corrected chi connectivity index (χ1v) is 9.46. The quantitative estimate of drug-likeness (QED) is 0.638. The molecule has 0 saturated carbocycles. The van der Waals surface area contributed by atoms with E-state index in [9.17, 15) is 9.90 Å². The Hall–Kier alpha value is -3.36. The summed E-state index contributed by atoms with van der Waals surface area (Å²) in [5.74, 6) is 0.328. The first-order valence-electron chi connectivity index (χ1n) is 9.46. The van der Waals surface area contributed by atoms with E-state index in [2.05, 4.69) is 5.10 Å². The number of aromatic nitrogens is 2. The lowest BCUT2D eigenvalue weighted by atomic mass is 10.0. The van der Waals surface area contributed by atoms with Crippen molar-refractivity contribution in [3.05, 3.63) is 65.4 Å². The van der Waals surface area contributed by atoms with E-state index in [4.69, 9.17) is 18.9 Å². The topological polar surface area (TPSA) is 92.0 Å². The van der Waals surface area contributed by atoms with E-state index in [1.165, 1.54) is 10.7 Å². The van der Waals surface area contributed by atoms with Gasteiger partial charge in [0.25, 0.3) is 0 Å². The Balaban J connectivity index is 1.68. The zero-order chi connectivity index (χ0) is 21.1. The van der Waals surface area contributed by atoms with Gasteiger partial charge in [-0.25, -0.2) is 4.79 Å². The summed E-state index contributed by atoms with van der Waals surface area (Å²) in [6.07, 6.45) is -0.609. The normalized spacial score (nSPS) is 14.1. The van der Waals surface area contributed by atoms with Crippen molar-refractivity contribution in [3.63, 3.8) is 0 Å². The minimum atomic E-state index is -1.04. The summed E-state index contributed by atoms with van der Waals surface area (Å²) in [7, 11) is 3.22. The Bertz CT molecular complexity index is 1040. The van der Waals surface area contributed by atoms with Gasteiger partial charge in [0.1, 0.15) is 23.8 Å². The van der Waals surface area contributed by atoms with Crippen molar-refractivity contribution in [2.75, 3.05) is 20.3 Å². The molecule has 156 valence electrons. The summed E-state index contributed by atoms with van der Waals surface area (Å²) < 4.78 is 24.1. The first kappa shape index (κ1) is 19.9. The van der Waals surface area contributed by atoms with E-state index in [1.807, 2.05) is 42.5 Å². The monoisotopic (exact) mass is 410 g/mol. The summed E-state index contributed by atoms with van der Waals surface area (Å²) >= 11 is 0. The van der Waals surface area contributed by atoms with E-state index in [0.29, 0.717) is 42.4 Å². The summed E-state index contributed by atoms with van der Waals surface area (Å²) in [6.45, 7) is 1.29. The molecule has 30 heavy (non-hydrogen) atoms. The lowest BCUT2D eigenvalue weighted by Crippen LogP contribution is -2.06. The highest BCUT2D eigenvalue weighted by molar-refractivity contribution is 5.87. The van der Waals surface area contributed by atoms with Crippen LogP contribution in [0, 0.1) is 0 Å². The third kappa shape index (κ3) is 4.00. The van der Waals surface area contributed by atoms with Gasteiger partial charge in [-0.1, -0.05) is 24.3 Å². The largest absolute Gasteiger partial charge is 0.497 e. The molecule has 0 aliphatic carbocycles. The van der Waals surface area contributed by atoms with Gasteiger partial charge < -0.3 is 24.1 Å². The van der Waals surface area contributed by atoms with Crippen molar-refractivity contribution in [1.82, 2.24) is 9.78 Å². The minimum absolute atomic E-state index is 0.0914. The predicted octanol–water partition coefficient (Wildman–Crippen LogP) is 3.42. The van der Waals surface area contributed by atoms with E-state index >= 15 is 0 Å². The van der Waals surface area contributed by atoms with Crippen molar-refractivity contribution >= 4 is 5.97 Å². The van der Waals surface area contributed by atoms with Crippen molar-refractivity contribution in [3.8, 4) is 22.8 Å². The van der Waals surface area contributed by atoms with Crippen LogP contribution in [0.3, 0.4) is 0 Å². The van der Waals surface area contributed by atoms with Gasteiger partial charge in [0.05, 0.1) is 31.6 Å². The minimum Gasteiger partial charge on any atom is -0.497 e. The van der Waals surface area contributed by atoms with E-state index in [0.717, 1.165) is 11.3 Å². The van der Waals surface area contributed by atoms with E-state index in [1.54, 1.807) is 14.2 Å². The molecule has 3 aromatic rings. The molecule has 1 aliphatic heterocycles. The number of hydrogen-bond donors (Lipinski definition) is 1. The Labute approximate surface area is 173 Å². The molecule has 4 rings (SSSR count). The molecule has 8 heteroatoms. The van der Waals surface area contributed by atoms with Crippen molar-refractivity contribution < 1.29 is 28.8 Å². The first-order chi connectivity index (χ1) is 14.6. The average Bonchev–Trinajstić information content (AvgIpc) is 3.42. The number of methoxy groups -OCH3 is 1. The van der Waals surface area contributed by atoms with Crippen LogP contribution in [0.25, 0.3) is 11.3 Å². The van der Waals surface area contributed by atoms with Gasteiger partial charge in [0.15, 0.2) is 6.29 Å². The average molecular weight is 410 g/mol. The van der Waals surface area contributed by atoms with Crippen LogP contribution in [-0.2, 0) is 23.1 Å². The van der Waals surface area contributed by atoms with Crippen molar-refractivity contribution in [2.24, 2.45) is 7.05 Å². The van der Waals surface area contributed by atoms with Crippen LogP contribution in [0.5, 0.6) is 11.5 Å². The molecule has 1 aromatic heterocycles. The number of aryl methyl sites for hydroxylation is 1. The van der Waals surface area contributed by atoms with Crippen LogP contribution >= 0.6 is 0 Å². The van der Waals surface area contributed by atoms with Crippen LogP contribution < -0.4 is 9.47 Å². The predicted molar refractivity (Wildman–Crippen MR) is 108 cm³/mol. The van der Waals surface area contributed by atoms with Crippen LogP contribution in [0.2, 0.25) is 0 Å². The molecular formula is C22H22N2O6. The summed E-state index contributed by atoms with van der Waals surface area (Å²) in [4.78, 5) is 11.4. The molecule has 0 bridgehead atoms. The Morgan fingerprint density at radius 1 is 1.20 bits per heavy atom. The Kier molecular flexibility index (Phi) is 5.69. The summed E-state index contributed by atoms with van der Waals surface area (Å²) in [5, 5.41) is 13.7. The van der Waals surface area contributed by atoms with Gasteiger partial charge in [0, 0.05) is 12.6 Å². The molecule has 0 spiro atoms.